The Bertz CT molecular complexity index is 300. The van der Waals surface area contributed by atoms with Gasteiger partial charge >= 0.3 is 6.03 Å². The van der Waals surface area contributed by atoms with Crippen LogP contribution < -0.4 is 10.6 Å². The van der Waals surface area contributed by atoms with Crippen LogP contribution >= 0.6 is 0 Å². The summed E-state index contributed by atoms with van der Waals surface area (Å²) in [4.78, 5) is 17.3. The van der Waals surface area contributed by atoms with Gasteiger partial charge in [-0.3, -0.25) is 5.32 Å². The van der Waals surface area contributed by atoms with Gasteiger partial charge in [0.15, 0.2) is 0 Å². The number of nitrogens with zero attached hydrogens (tertiary/aromatic N) is 2. The molecule has 0 radical (unpaired) electrons. The summed E-state index contributed by atoms with van der Waals surface area (Å²) in [5.41, 5.74) is 0. The molecule has 0 aromatic carbocycles. The highest BCUT2D eigenvalue weighted by molar-refractivity contribution is 5.88. The van der Waals surface area contributed by atoms with E-state index in [0.29, 0.717) is 12.4 Å². The van der Waals surface area contributed by atoms with Gasteiger partial charge in [0.05, 0.1) is 0 Å². The molecule has 0 aliphatic carbocycles. The Kier molecular flexibility index (Phi) is 4.56. The molecule has 0 unspecified atom stereocenters. The summed E-state index contributed by atoms with van der Waals surface area (Å²) in [6, 6.07) is 5.14. The van der Waals surface area contributed by atoms with Crippen LogP contribution in [-0.4, -0.2) is 43.1 Å². The maximum Gasteiger partial charge on any atom is 0.320 e. The smallest absolute Gasteiger partial charge is 0.320 e. The molecule has 2 N–H and O–H groups in total. The van der Waals surface area contributed by atoms with Crippen molar-refractivity contribution >= 4 is 11.8 Å². The number of nitrogens with one attached hydrogen (secondary N) is 2. The van der Waals surface area contributed by atoms with Gasteiger partial charge in [-0.05, 0) is 26.2 Å². The maximum absolute atomic E-state index is 11.3. The molecule has 0 spiro atoms. The Labute approximate surface area is 89.5 Å². The van der Waals surface area contributed by atoms with Crippen LogP contribution in [0.2, 0.25) is 0 Å². The summed E-state index contributed by atoms with van der Waals surface area (Å²) >= 11 is 0. The van der Waals surface area contributed by atoms with Crippen LogP contribution in [0.3, 0.4) is 0 Å². The van der Waals surface area contributed by atoms with Crippen molar-refractivity contribution in [3.8, 4) is 0 Å². The molecule has 82 valence electrons. The van der Waals surface area contributed by atoms with Crippen molar-refractivity contribution in [1.82, 2.24) is 15.2 Å². The van der Waals surface area contributed by atoms with E-state index in [0.717, 1.165) is 6.54 Å². The summed E-state index contributed by atoms with van der Waals surface area (Å²) in [6.07, 6.45) is 1.63. The molecule has 5 heteroatoms. The van der Waals surface area contributed by atoms with E-state index < -0.39 is 0 Å². The fourth-order valence-corrected chi connectivity index (χ4v) is 0.990. The van der Waals surface area contributed by atoms with Gasteiger partial charge in [-0.25, -0.2) is 9.78 Å². The summed E-state index contributed by atoms with van der Waals surface area (Å²) in [5.74, 6) is 0.555. The monoisotopic (exact) mass is 208 g/mol. The predicted molar refractivity (Wildman–Crippen MR) is 59.8 cm³/mol. The van der Waals surface area contributed by atoms with Crippen LogP contribution in [-0.2, 0) is 0 Å². The lowest BCUT2D eigenvalue weighted by Gasteiger charge is -2.10. The number of amides is 2. The first-order valence-electron chi connectivity index (χ1n) is 4.79. The molecule has 0 aliphatic rings. The number of pyridine rings is 1. The molecule has 1 rings (SSSR count). The Morgan fingerprint density at radius 3 is 2.87 bits per heavy atom. The van der Waals surface area contributed by atoms with Gasteiger partial charge in [-0.2, -0.15) is 0 Å². The van der Waals surface area contributed by atoms with Crippen LogP contribution in [0.4, 0.5) is 10.6 Å². The number of hydrogen-bond donors (Lipinski definition) is 2. The number of urea groups is 1. The van der Waals surface area contributed by atoms with Gasteiger partial charge in [0.2, 0.25) is 0 Å². The van der Waals surface area contributed by atoms with Crippen molar-refractivity contribution in [2.24, 2.45) is 0 Å². The van der Waals surface area contributed by atoms with Crippen molar-refractivity contribution in [1.29, 1.82) is 0 Å². The van der Waals surface area contributed by atoms with Crippen LogP contribution in [0.15, 0.2) is 24.4 Å². The van der Waals surface area contributed by atoms with Gasteiger partial charge < -0.3 is 10.2 Å². The minimum Gasteiger partial charge on any atom is -0.337 e. The van der Waals surface area contributed by atoms with E-state index in [2.05, 4.69) is 15.6 Å². The molecule has 0 atom stereocenters. The number of likely N-dealkylation sites (N-methyl/N-ethyl adjacent to an activating group) is 1. The third-order valence-electron chi connectivity index (χ3n) is 1.75. The van der Waals surface area contributed by atoms with Gasteiger partial charge in [-0.15, -0.1) is 0 Å². The lowest BCUT2D eigenvalue weighted by atomic mass is 10.5. The zero-order chi connectivity index (χ0) is 11.1. The van der Waals surface area contributed by atoms with E-state index in [9.17, 15) is 4.79 Å². The topological polar surface area (TPSA) is 57.3 Å². The minimum atomic E-state index is -0.226. The van der Waals surface area contributed by atoms with Crippen molar-refractivity contribution in [3.05, 3.63) is 24.4 Å². The van der Waals surface area contributed by atoms with Crippen molar-refractivity contribution in [3.63, 3.8) is 0 Å². The van der Waals surface area contributed by atoms with E-state index in [1.54, 1.807) is 18.3 Å². The number of aromatic nitrogens is 1. The Balaban J connectivity index is 2.25. The lowest BCUT2D eigenvalue weighted by Crippen LogP contribution is -2.34. The normalized spacial score (nSPS) is 10.1. The molecule has 2 amide bonds. The SMILES string of the molecule is CN(C)CCNC(=O)Nc1ccccn1. The quantitative estimate of drug-likeness (QED) is 0.768. The van der Waals surface area contributed by atoms with Crippen LogP contribution in [0.1, 0.15) is 0 Å². The molecule has 0 bridgehead atoms. The van der Waals surface area contributed by atoms with E-state index >= 15 is 0 Å². The molecule has 1 heterocycles. The Morgan fingerprint density at radius 1 is 1.47 bits per heavy atom. The standard InChI is InChI=1S/C10H16N4O/c1-14(2)8-7-12-10(15)13-9-5-3-4-6-11-9/h3-6H,7-8H2,1-2H3,(H2,11,12,13,15). The van der Waals surface area contributed by atoms with Crippen LogP contribution in [0.25, 0.3) is 0 Å². The van der Waals surface area contributed by atoms with E-state index in [1.165, 1.54) is 0 Å². The first-order chi connectivity index (χ1) is 7.18. The average Bonchev–Trinajstić information content (AvgIpc) is 2.18. The first-order valence-corrected chi connectivity index (χ1v) is 4.79. The third-order valence-corrected chi connectivity index (χ3v) is 1.75. The number of carbonyl (C=O) groups is 1. The number of carbonyl (C=O) groups excluding carboxylic acids is 1. The van der Waals surface area contributed by atoms with E-state index in [1.807, 2.05) is 25.1 Å². The number of rotatable bonds is 4. The highest BCUT2D eigenvalue weighted by Gasteiger charge is 2.00. The molecule has 1 aromatic rings. The number of anilines is 1. The Morgan fingerprint density at radius 2 is 2.27 bits per heavy atom. The van der Waals surface area contributed by atoms with Gasteiger partial charge in [0.1, 0.15) is 5.82 Å². The van der Waals surface area contributed by atoms with Crippen molar-refractivity contribution in [2.45, 2.75) is 0 Å². The second kappa shape index (κ2) is 5.98. The van der Waals surface area contributed by atoms with Gasteiger partial charge in [0, 0.05) is 19.3 Å². The zero-order valence-electron chi connectivity index (χ0n) is 9.03. The minimum absolute atomic E-state index is 0.226. The fourth-order valence-electron chi connectivity index (χ4n) is 0.990. The van der Waals surface area contributed by atoms with Crippen LogP contribution in [0, 0.1) is 0 Å². The predicted octanol–water partition coefficient (Wildman–Crippen LogP) is 0.765. The molecule has 0 saturated heterocycles. The van der Waals surface area contributed by atoms with Gasteiger partial charge in [0.25, 0.3) is 0 Å². The largest absolute Gasteiger partial charge is 0.337 e. The van der Waals surface area contributed by atoms with E-state index in [4.69, 9.17) is 0 Å². The zero-order valence-corrected chi connectivity index (χ0v) is 9.03. The molecule has 0 saturated carbocycles. The number of hydrogen-bond acceptors (Lipinski definition) is 3. The average molecular weight is 208 g/mol. The van der Waals surface area contributed by atoms with E-state index in [-0.39, 0.29) is 6.03 Å². The Hall–Kier alpha value is -1.62. The second-order valence-electron chi connectivity index (χ2n) is 3.40. The van der Waals surface area contributed by atoms with Crippen molar-refractivity contribution in [2.75, 3.05) is 32.5 Å². The molecular weight excluding hydrogens is 192 g/mol. The fraction of sp³-hybridized carbons (Fsp3) is 0.400. The molecule has 1 aromatic heterocycles. The first kappa shape index (κ1) is 11.5. The third kappa shape index (κ3) is 4.97. The second-order valence-corrected chi connectivity index (χ2v) is 3.40. The van der Waals surface area contributed by atoms with Gasteiger partial charge in [-0.1, -0.05) is 6.07 Å². The molecule has 0 aliphatic heterocycles. The molecule has 15 heavy (non-hydrogen) atoms. The highest BCUT2D eigenvalue weighted by atomic mass is 16.2. The molecule has 0 fully saturated rings. The maximum atomic E-state index is 11.3. The summed E-state index contributed by atoms with van der Waals surface area (Å²) < 4.78 is 0. The summed E-state index contributed by atoms with van der Waals surface area (Å²) in [7, 11) is 3.91. The van der Waals surface area contributed by atoms with Crippen molar-refractivity contribution < 1.29 is 4.79 Å². The highest BCUT2D eigenvalue weighted by Crippen LogP contribution is 1.98. The molecular formula is C10H16N4O. The lowest BCUT2D eigenvalue weighted by molar-refractivity contribution is 0.250. The molecule has 5 nitrogen and oxygen atoms in total. The van der Waals surface area contributed by atoms with Crippen LogP contribution in [0.5, 0.6) is 0 Å². The summed E-state index contributed by atoms with van der Waals surface area (Å²) in [6.45, 7) is 1.43. The summed E-state index contributed by atoms with van der Waals surface area (Å²) in [5, 5.41) is 5.37.